The maximum Gasteiger partial charge on any atom is 0.330 e. The van der Waals surface area contributed by atoms with Crippen molar-refractivity contribution in [3.8, 4) is 18.1 Å². The molecule has 0 saturated carbocycles. The number of hydrogen-bond donors (Lipinski definition) is 3. The Labute approximate surface area is 196 Å². The second-order valence-electron chi connectivity index (χ2n) is 8.35. The number of hydrogen-bond acceptors (Lipinski definition) is 6. The van der Waals surface area contributed by atoms with E-state index < -0.39 is 23.6 Å². The first kappa shape index (κ1) is 23.1. The molecule has 2 aliphatic heterocycles. The number of aromatic nitrogens is 1. The normalized spacial score (nSPS) is 19.4. The van der Waals surface area contributed by atoms with Crippen molar-refractivity contribution >= 4 is 23.5 Å². The first-order valence-electron chi connectivity index (χ1n) is 11.2. The number of carbonyl (C=O) groups excluding carboxylic acids is 3. The molecule has 0 radical (unpaired) electrons. The van der Waals surface area contributed by atoms with Gasteiger partial charge in [0.25, 0.3) is 5.56 Å². The monoisotopic (exact) mass is 462 g/mol. The number of fused-ring (bicyclic) bond motifs is 1. The second kappa shape index (κ2) is 10.3. The van der Waals surface area contributed by atoms with Gasteiger partial charge in [-0.2, -0.15) is 0 Å². The maximum absolute atomic E-state index is 13.1. The van der Waals surface area contributed by atoms with Crippen molar-refractivity contribution in [2.24, 2.45) is 5.92 Å². The molecule has 0 spiro atoms. The summed E-state index contributed by atoms with van der Waals surface area (Å²) >= 11 is 0. The molecule has 3 atom stereocenters. The van der Waals surface area contributed by atoms with E-state index in [0.717, 1.165) is 5.69 Å². The molecule has 2 aromatic rings. The maximum atomic E-state index is 13.1. The van der Waals surface area contributed by atoms with E-state index in [1.165, 1.54) is 4.57 Å². The number of nitrogens with zero attached hydrogens (tertiary/aromatic N) is 1. The van der Waals surface area contributed by atoms with Crippen LogP contribution in [0.3, 0.4) is 0 Å². The summed E-state index contributed by atoms with van der Waals surface area (Å²) in [5.74, 6) is 1.77. The second-order valence-corrected chi connectivity index (χ2v) is 8.35. The van der Waals surface area contributed by atoms with Crippen molar-refractivity contribution in [3.63, 3.8) is 0 Å². The molecule has 1 aromatic heterocycles. The Kier molecular flexibility index (Phi) is 6.97. The van der Waals surface area contributed by atoms with Crippen molar-refractivity contribution in [3.05, 3.63) is 58.5 Å². The molecular weight excluding hydrogens is 436 g/mol. The van der Waals surface area contributed by atoms with E-state index in [1.807, 2.05) is 6.07 Å². The number of carbonyl (C=O) groups is 3. The number of terminal acetylenes is 1. The van der Waals surface area contributed by atoms with Crippen LogP contribution in [0.1, 0.15) is 31.0 Å². The van der Waals surface area contributed by atoms with Crippen molar-refractivity contribution in [2.45, 2.75) is 37.8 Å². The third-order valence-corrected chi connectivity index (χ3v) is 6.09. The highest BCUT2D eigenvalue weighted by atomic mass is 16.5. The number of rotatable bonds is 8. The third-order valence-electron chi connectivity index (χ3n) is 6.09. The van der Waals surface area contributed by atoms with E-state index in [1.54, 1.807) is 36.4 Å². The van der Waals surface area contributed by atoms with Crippen LogP contribution in [0.25, 0.3) is 0 Å². The molecule has 0 unspecified atom stereocenters. The lowest BCUT2D eigenvalue weighted by atomic mass is 9.98. The Hall–Kier alpha value is -4.06. The zero-order chi connectivity index (χ0) is 24.1. The van der Waals surface area contributed by atoms with Crippen LogP contribution in [-0.2, 0) is 20.8 Å². The molecule has 2 aliphatic rings. The van der Waals surface area contributed by atoms with Gasteiger partial charge in [-0.25, -0.2) is 4.79 Å². The van der Waals surface area contributed by atoms with Crippen molar-refractivity contribution in [2.75, 3.05) is 18.4 Å². The number of nitrogens with one attached hydrogen (secondary N) is 3. The highest BCUT2D eigenvalue weighted by Gasteiger charge is 2.33. The minimum atomic E-state index is -0.714. The van der Waals surface area contributed by atoms with Crippen LogP contribution in [0.5, 0.6) is 5.75 Å². The van der Waals surface area contributed by atoms with Gasteiger partial charge in [-0.05, 0) is 49.9 Å². The number of anilines is 1. The SMILES string of the molecule is C#C[C@H](C[C@@H]1CCNC1=O)NC(=O)[C@@H]1CCc2ccc(NCC(=O)Oc3ccccc3)c(=O)n21. The van der Waals surface area contributed by atoms with Crippen molar-refractivity contribution in [1.29, 1.82) is 0 Å². The van der Waals surface area contributed by atoms with E-state index in [-0.39, 0.29) is 30.0 Å². The molecule has 9 heteroatoms. The zero-order valence-corrected chi connectivity index (χ0v) is 18.6. The highest BCUT2D eigenvalue weighted by Crippen LogP contribution is 2.25. The summed E-state index contributed by atoms with van der Waals surface area (Å²) in [4.78, 5) is 50.1. The quantitative estimate of drug-likeness (QED) is 0.306. The van der Waals surface area contributed by atoms with Gasteiger partial charge in [0.1, 0.15) is 24.0 Å². The minimum absolute atomic E-state index is 0.0570. The Bertz CT molecular complexity index is 1180. The van der Waals surface area contributed by atoms with Gasteiger partial charge >= 0.3 is 5.97 Å². The highest BCUT2D eigenvalue weighted by molar-refractivity contribution is 5.83. The fourth-order valence-corrected chi connectivity index (χ4v) is 4.35. The molecule has 4 rings (SSSR count). The Morgan fingerprint density at radius 2 is 1.97 bits per heavy atom. The lowest BCUT2D eigenvalue weighted by Crippen LogP contribution is -2.42. The number of ether oxygens (including phenoxy) is 1. The summed E-state index contributed by atoms with van der Waals surface area (Å²) in [7, 11) is 0. The number of pyridine rings is 1. The summed E-state index contributed by atoms with van der Waals surface area (Å²) in [6.07, 6.45) is 7.66. The Balaban J connectivity index is 1.41. The third kappa shape index (κ3) is 5.12. The number of para-hydroxylation sites is 1. The molecule has 1 fully saturated rings. The molecule has 0 bridgehead atoms. The average molecular weight is 463 g/mol. The van der Waals surface area contributed by atoms with Crippen molar-refractivity contribution < 1.29 is 19.1 Å². The van der Waals surface area contributed by atoms with Crippen LogP contribution in [-0.4, -0.2) is 41.5 Å². The smallest absolute Gasteiger partial charge is 0.330 e. The van der Waals surface area contributed by atoms with Crippen LogP contribution in [0.15, 0.2) is 47.3 Å². The molecule has 0 aliphatic carbocycles. The predicted molar refractivity (Wildman–Crippen MR) is 125 cm³/mol. The van der Waals surface area contributed by atoms with Crippen LogP contribution in [0, 0.1) is 18.3 Å². The molecule has 176 valence electrons. The Morgan fingerprint density at radius 1 is 1.18 bits per heavy atom. The predicted octanol–water partition coefficient (Wildman–Crippen LogP) is 0.997. The summed E-state index contributed by atoms with van der Waals surface area (Å²) in [6.45, 7) is 0.401. The average Bonchev–Trinajstić information content (AvgIpc) is 3.45. The number of aryl methyl sites for hydroxylation is 1. The van der Waals surface area contributed by atoms with E-state index in [2.05, 4.69) is 21.9 Å². The Morgan fingerprint density at radius 3 is 2.68 bits per heavy atom. The van der Waals surface area contributed by atoms with Gasteiger partial charge in [0.2, 0.25) is 11.8 Å². The zero-order valence-electron chi connectivity index (χ0n) is 18.6. The van der Waals surface area contributed by atoms with Gasteiger partial charge in [-0.1, -0.05) is 24.1 Å². The number of benzene rings is 1. The van der Waals surface area contributed by atoms with Gasteiger partial charge < -0.3 is 20.7 Å². The van der Waals surface area contributed by atoms with E-state index in [4.69, 9.17) is 11.2 Å². The largest absolute Gasteiger partial charge is 0.425 e. The summed E-state index contributed by atoms with van der Waals surface area (Å²) in [5, 5.41) is 8.38. The summed E-state index contributed by atoms with van der Waals surface area (Å²) in [6, 6.07) is 10.7. The summed E-state index contributed by atoms with van der Waals surface area (Å²) in [5.41, 5.74) is 0.537. The fourth-order valence-electron chi connectivity index (χ4n) is 4.35. The number of esters is 1. The van der Waals surface area contributed by atoms with Gasteiger partial charge in [0, 0.05) is 18.2 Å². The fraction of sp³-hybridized carbons (Fsp3) is 0.360. The lowest BCUT2D eigenvalue weighted by Gasteiger charge is -2.20. The van der Waals surface area contributed by atoms with E-state index in [0.29, 0.717) is 38.0 Å². The van der Waals surface area contributed by atoms with E-state index in [9.17, 15) is 19.2 Å². The van der Waals surface area contributed by atoms with Gasteiger partial charge in [0.15, 0.2) is 0 Å². The molecular formula is C25H26N4O5. The molecule has 1 saturated heterocycles. The molecule has 34 heavy (non-hydrogen) atoms. The molecule has 3 heterocycles. The van der Waals surface area contributed by atoms with Crippen LogP contribution in [0.4, 0.5) is 5.69 Å². The molecule has 1 aromatic carbocycles. The van der Waals surface area contributed by atoms with Crippen LogP contribution < -0.4 is 26.2 Å². The van der Waals surface area contributed by atoms with Crippen LogP contribution >= 0.6 is 0 Å². The first-order chi connectivity index (χ1) is 16.5. The molecule has 3 N–H and O–H groups in total. The first-order valence-corrected chi connectivity index (χ1v) is 11.2. The molecule has 2 amide bonds. The van der Waals surface area contributed by atoms with Gasteiger partial charge in [-0.3, -0.25) is 19.0 Å². The van der Waals surface area contributed by atoms with Crippen molar-refractivity contribution in [1.82, 2.24) is 15.2 Å². The van der Waals surface area contributed by atoms with E-state index >= 15 is 0 Å². The van der Waals surface area contributed by atoms with Crippen LogP contribution in [0.2, 0.25) is 0 Å². The standard InChI is InChI=1S/C25H26N4O5/c1-2-17(14-16-12-13-26-23(16)31)28-24(32)21-11-9-18-8-10-20(25(33)29(18)21)27-15-22(30)34-19-6-4-3-5-7-19/h1,3-8,10,16-17,21,27H,9,11-15H2,(H,26,31)(H,28,32)/t16-,17+,21-/m0/s1. The minimum Gasteiger partial charge on any atom is -0.425 e. The number of amides is 2. The lowest BCUT2D eigenvalue weighted by molar-refractivity contribution is -0.132. The van der Waals surface area contributed by atoms with Gasteiger partial charge in [0.05, 0.1) is 6.04 Å². The van der Waals surface area contributed by atoms with Gasteiger partial charge in [-0.15, -0.1) is 6.42 Å². The topological polar surface area (TPSA) is 119 Å². The molecule has 9 nitrogen and oxygen atoms in total. The summed E-state index contributed by atoms with van der Waals surface area (Å²) < 4.78 is 6.67.